The minimum Gasteiger partial charge on any atom is -0.228 e. The van der Waals surface area contributed by atoms with Crippen LogP contribution < -0.4 is 0 Å². The molecule has 1 aliphatic carbocycles. The van der Waals surface area contributed by atoms with Gasteiger partial charge in [-0.3, -0.25) is 0 Å². The molecular formula is C47H32N2S. The molecular weight excluding hydrogens is 625 g/mol. The van der Waals surface area contributed by atoms with Gasteiger partial charge in [0.05, 0.1) is 11.4 Å². The normalized spacial score (nSPS) is 13.2. The van der Waals surface area contributed by atoms with Crippen LogP contribution in [0.1, 0.15) is 25.0 Å². The third kappa shape index (κ3) is 4.40. The second-order valence-electron chi connectivity index (χ2n) is 13.8. The van der Waals surface area contributed by atoms with Gasteiger partial charge in [0.25, 0.3) is 0 Å². The summed E-state index contributed by atoms with van der Waals surface area (Å²) in [6.45, 7) is 4.72. The monoisotopic (exact) mass is 656 g/mol. The number of benzene rings is 7. The molecule has 0 bridgehead atoms. The van der Waals surface area contributed by atoms with E-state index >= 15 is 0 Å². The van der Waals surface area contributed by atoms with E-state index in [2.05, 4.69) is 166 Å². The van der Waals surface area contributed by atoms with Gasteiger partial charge in [-0.2, -0.15) is 0 Å². The van der Waals surface area contributed by atoms with Crippen molar-refractivity contribution in [1.29, 1.82) is 0 Å². The second-order valence-corrected chi connectivity index (χ2v) is 14.8. The molecule has 2 nitrogen and oxygen atoms in total. The van der Waals surface area contributed by atoms with Crippen LogP contribution >= 0.6 is 11.3 Å². The van der Waals surface area contributed by atoms with Crippen LogP contribution in [0.5, 0.6) is 0 Å². The van der Waals surface area contributed by atoms with Crippen molar-refractivity contribution in [3.8, 4) is 56.2 Å². The van der Waals surface area contributed by atoms with E-state index < -0.39 is 0 Å². The highest BCUT2D eigenvalue weighted by atomic mass is 32.1. The fourth-order valence-electron chi connectivity index (χ4n) is 8.03. The quantitative estimate of drug-likeness (QED) is 0.188. The van der Waals surface area contributed by atoms with Crippen LogP contribution in [0.4, 0.5) is 0 Å². The Labute approximate surface area is 295 Å². The van der Waals surface area contributed by atoms with Gasteiger partial charge in [-0.25, -0.2) is 9.97 Å². The molecule has 10 rings (SSSR count). The fraction of sp³-hybridized carbons (Fsp3) is 0.0638. The van der Waals surface area contributed by atoms with Gasteiger partial charge in [0.1, 0.15) is 0 Å². The summed E-state index contributed by atoms with van der Waals surface area (Å²) < 4.78 is 2.53. The first-order valence-corrected chi connectivity index (χ1v) is 18.0. The van der Waals surface area contributed by atoms with E-state index in [-0.39, 0.29) is 5.41 Å². The molecule has 0 saturated carbocycles. The molecule has 0 saturated heterocycles. The molecule has 0 atom stereocenters. The lowest BCUT2D eigenvalue weighted by atomic mass is 9.81. The van der Waals surface area contributed by atoms with Crippen molar-refractivity contribution >= 4 is 42.3 Å². The van der Waals surface area contributed by atoms with Gasteiger partial charge in [-0.1, -0.05) is 147 Å². The number of fused-ring (bicyclic) bond motifs is 7. The third-order valence-corrected chi connectivity index (χ3v) is 11.7. The molecule has 0 fully saturated rings. The number of hydrogen-bond acceptors (Lipinski definition) is 3. The Hall–Kier alpha value is -5.90. The van der Waals surface area contributed by atoms with E-state index in [0.29, 0.717) is 0 Å². The van der Waals surface area contributed by atoms with Crippen molar-refractivity contribution in [3.63, 3.8) is 0 Å². The van der Waals surface area contributed by atoms with Crippen LogP contribution in [0, 0.1) is 0 Å². The van der Waals surface area contributed by atoms with Crippen LogP contribution in [0.2, 0.25) is 0 Å². The number of aromatic nitrogens is 2. The molecule has 236 valence electrons. The number of rotatable bonds is 4. The summed E-state index contributed by atoms with van der Waals surface area (Å²) in [5.74, 6) is 0.724. The Kier molecular flexibility index (Phi) is 6.43. The smallest absolute Gasteiger partial charge is 0.160 e. The molecule has 0 unspecified atom stereocenters. The lowest BCUT2D eigenvalue weighted by molar-refractivity contribution is 0.661. The molecule has 50 heavy (non-hydrogen) atoms. The van der Waals surface area contributed by atoms with Gasteiger partial charge in [-0.15, -0.1) is 11.3 Å². The van der Waals surface area contributed by atoms with E-state index in [4.69, 9.17) is 9.97 Å². The average Bonchev–Trinajstić information content (AvgIpc) is 3.66. The van der Waals surface area contributed by atoms with E-state index in [1.165, 1.54) is 64.3 Å². The molecule has 9 aromatic rings. The van der Waals surface area contributed by atoms with E-state index in [0.717, 1.165) is 33.9 Å². The van der Waals surface area contributed by atoms with Crippen molar-refractivity contribution in [2.24, 2.45) is 0 Å². The molecule has 0 aliphatic heterocycles. The Morgan fingerprint density at radius 3 is 1.92 bits per heavy atom. The SMILES string of the molecule is CC1(C)c2cc3ccccc3cc2-c2c(-c3ccccc3-c3cc(-c4cccc5c4sc4ccccc45)nc(-c4ccccc4)n3)cccc21. The Bertz CT molecular complexity index is 2790. The first-order chi connectivity index (χ1) is 24.5. The zero-order valence-electron chi connectivity index (χ0n) is 27.8. The largest absolute Gasteiger partial charge is 0.228 e. The highest BCUT2D eigenvalue weighted by Crippen LogP contribution is 2.54. The van der Waals surface area contributed by atoms with Crippen LogP contribution in [-0.4, -0.2) is 9.97 Å². The number of nitrogens with zero attached hydrogens (tertiary/aromatic N) is 2. The molecule has 0 spiro atoms. The van der Waals surface area contributed by atoms with Gasteiger partial charge < -0.3 is 0 Å². The first-order valence-electron chi connectivity index (χ1n) is 17.2. The van der Waals surface area contributed by atoms with Crippen molar-refractivity contribution in [3.05, 3.63) is 169 Å². The lowest BCUT2D eigenvalue weighted by Crippen LogP contribution is -2.14. The predicted molar refractivity (Wildman–Crippen MR) is 212 cm³/mol. The Morgan fingerprint density at radius 1 is 0.460 bits per heavy atom. The van der Waals surface area contributed by atoms with Crippen LogP contribution in [-0.2, 0) is 5.41 Å². The van der Waals surface area contributed by atoms with Gasteiger partial charge in [-0.05, 0) is 68.4 Å². The Balaban J connectivity index is 1.22. The summed E-state index contributed by atoms with van der Waals surface area (Å²) in [4.78, 5) is 10.6. The summed E-state index contributed by atoms with van der Waals surface area (Å²) in [6, 6.07) is 56.9. The zero-order chi connectivity index (χ0) is 33.4. The molecule has 0 radical (unpaired) electrons. The van der Waals surface area contributed by atoms with Crippen molar-refractivity contribution in [2.75, 3.05) is 0 Å². The maximum absolute atomic E-state index is 5.31. The molecule has 7 aromatic carbocycles. The standard InChI is InChI=1S/C47H32N2S/c1-47(2)39-24-13-21-35(44(39)38-26-30-16-6-7-17-31(30)27-40(38)47)32-18-8-9-19-33(32)41-28-42(49-46(48-41)29-14-4-3-5-15-29)37-23-12-22-36-34-20-10-11-25-43(34)50-45(36)37/h3-28H,1-2H3. The topological polar surface area (TPSA) is 25.8 Å². The fourth-order valence-corrected chi connectivity index (χ4v) is 9.25. The maximum Gasteiger partial charge on any atom is 0.160 e. The summed E-state index contributed by atoms with van der Waals surface area (Å²) in [7, 11) is 0. The van der Waals surface area contributed by atoms with Crippen LogP contribution in [0.15, 0.2) is 158 Å². The van der Waals surface area contributed by atoms with Gasteiger partial charge in [0.2, 0.25) is 0 Å². The minimum atomic E-state index is -0.120. The molecule has 0 amide bonds. The summed E-state index contributed by atoms with van der Waals surface area (Å²) in [5.41, 5.74) is 12.7. The van der Waals surface area contributed by atoms with Crippen LogP contribution in [0.25, 0.3) is 87.1 Å². The highest BCUT2D eigenvalue weighted by Gasteiger charge is 2.37. The Morgan fingerprint density at radius 2 is 1.08 bits per heavy atom. The number of hydrogen-bond donors (Lipinski definition) is 0. The minimum absolute atomic E-state index is 0.120. The summed E-state index contributed by atoms with van der Waals surface area (Å²) in [5, 5.41) is 5.09. The molecule has 3 heteroatoms. The van der Waals surface area contributed by atoms with E-state index in [1.54, 1.807) is 0 Å². The van der Waals surface area contributed by atoms with Crippen molar-refractivity contribution < 1.29 is 0 Å². The van der Waals surface area contributed by atoms with Gasteiger partial charge in [0, 0.05) is 42.3 Å². The summed E-state index contributed by atoms with van der Waals surface area (Å²) in [6.07, 6.45) is 0. The lowest BCUT2D eigenvalue weighted by Gasteiger charge is -2.22. The second kappa shape index (κ2) is 11.1. The molecule has 1 aliphatic rings. The molecule has 0 N–H and O–H groups in total. The van der Waals surface area contributed by atoms with E-state index in [1.807, 2.05) is 17.4 Å². The summed E-state index contributed by atoms with van der Waals surface area (Å²) >= 11 is 1.83. The number of thiophene rings is 1. The van der Waals surface area contributed by atoms with Crippen molar-refractivity contribution in [2.45, 2.75) is 19.3 Å². The zero-order valence-corrected chi connectivity index (χ0v) is 28.6. The average molecular weight is 657 g/mol. The van der Waals surface area contributed by atoms with Gasteiger partial charge in [0.15, 0.2) is 5.82 Å². The molecule has 2 aromatic heterocycles. The highest BCUT2D eigenvalue weighted by molar-refractivity contribution is 7.26. The predicted octanol–water partition coefficient (Wildman–Crippen LogP) is 13.0. The molecule has 2 heterocycles. The van der Waals surface area contributed by atoms with Gasteiger partial charge >= 0.3 is 0 Å². The first kappa shape index (κ1) is 29.1. The van der Waals surface area contributed by atoms with E-state index in [9.17, 15) is 0 Å². The van der Waals surface area contributed by atoms with Crippen molar-refractivity contribution in [1.82, 2.24) is 9.97 Å². The maximum atomic E-state index is 5.31. The third-order valence-electron chi connectivity index (χ3n) is 10.5. The van der Waals surface area contributed by atoms with Crippen LogP contribution in [0.3, 0.4) is 0 Å².